The van der Waals surface area contributed by atoms with Gasteiger partial charge in [-0.15, -0.1) is 11.3 Å². The molecule has 18 heavy (non-hydrogen) atoms. The number of nitrogens with one attached hydrogen (secondary N) is 1. The molecule has 0 saturated heterocycles. The number of rotatable bonds is 4. The fourth-order valence-electron chi connectivity index (χ4n) is 1.93. The van der Waals surface area contributed by atoms with Crippen molar-refractivity contribution in [3.8, 4) is 0 Å². The van der Waals surface area contributed by atoms with E-state index in [0.29, 0.717) is 18.9 Å². The van der Waals surface area contributed by atoms with Crippen LogP contribution < -0.4 is 11.3 Å². The SMILES string of the molecule is Cc1sc2nc(CN(C)CCN)[nH]c(=O)c2c1C. The molecular weight excluding hydrogens is 248 g/mol. The van der Waals surface area contributed by atoms with Gasteiger partial charge in [0.05, 0.1) is 11.9 Å². The van der Waals surface area contributed by atoms with E-state index in [1.165, 1.54) is 0 Å². The topological polar surface area (TPSA) is 75.0 Å². The van der Waals surface area contributed by atoms with Crippen LogP contribution in [-0.2, 0) is 6.54 Å². The third-order valence-electron chi connectivity index (χ3n) is 3.02. The summed E-state index contributed by atoms with van der Waals surface area (Å²) in [6, 6.07) is 0. The van der Waals surface area contributed by atoms with Gasteiger partial charge in [-0.2, -0.15) is 0 Å². The first kappa shape index (κ1) is 13.2. The second-order valence-corrected chi connectivity index (χ2v) is 5.71. The molecule has 98 valence electrons. The minimum atomic E-state index is -0.0435. The van der Waals surface area contributed by atoms with Crippen molar-refractivity contribution in [2.45, 2.75) is 20.4 Å². The Balaban J connectivity index is 2.40. The fraction of sp³-hybridized carbons (Fsp3) is 0.500. The van der Waals surface area contributed by atoms with Gasteiger partial charge in [-0.05, 0) is 26.5 Å². The van der Waals surface area contributed by atoms with Gasteiger partial charge in [0.25, 0.3) is 5.56 Å². The lowest BCUT2D eigenvalue weighted by Gasteiger charge is -2.14. The van der Waals surface area contributed by atoms with Crippen molar-refractivity contribution in [1.29, 1.82) is 0 Å². The van der Waals surface area contributed by atoms with E-state index < -0.39 is 0 Å². The second-order valence-electron chi connectivity index (χ2n) is 4.50. The van der Waals surface area contributed by atoms with Gasteiger partial charge in [0, 0.05) is 18.0 Å². The summed E-state index contributed by atoms with van der Waals surface area (Å²) in [5.74, 6) is 0.699. The van der Waals surface area contributed by atoms with Crippen LogP contribution in [0.5, 0.6) is 0 Å². The standard InChI is InChI=1S/C12H18N4OS/c1-7-8(2)18-12-10(7)11(17)14-9(15-12)6-16(3)5-4-13/h4-6,13H2,1-3H3,(H,14,15,17). The monoisotopic (exact) mass is 266 g/mol. The molecular formula is C12H18N4OS. The Morgan fingerprint density at radius 1 is 1.44 bits per heavy atom. The molecule has 0 amide bonds. The summed E-state index contributed by atoms with van der Waals surface area (Å²) < 4.78 is 0. The molecule has 3 N–H and O–H groups in total. The van der Waals surface area contributed by atoms with Crippen LogP contribution >= 0.6 is 11.3 Å². The molecule has 0 saturated carbocycles. The molecule has 0 bridgehead atoms. The number of hydrogen-bond acceptors (Lipinski definition) is 5. The van der Waals surface area contributed by atoms with Crippen molar-refractivity contribution in [3.05, 3.63) is 26.6 Å². The largest absolute Gasteiger partial charge is 0.329 e. The Labute approximate surface area is 110 Å². The average molecular weight is 266 g/mol. The first-order valence-electron chi connectivity index (χ1n) is 5.90. The number of aromatic amines is 1. The Morgan fingerprint density at radius 3 is 2.83 bits per heavy atom. The maximum atomic E-state index is 12.0. The van der Waals surface area contributed by atoms with Gasteiger partial charge in [0.1, 0.15) is 10.7 Å². The molecule has 2 aromatic rings. The van der Waals surface area contributed by atoms with Crippen LogP contribution in [0.3, 0.4) is 0 Å². The van der Waals surface area contributed by atoms with Crippen molar-refractivity contribution < 1.29 is 0 Å². The van der Waals surface area contributed by atoms with Gasteiger partial charge >= 0.3 is 0 Å². The second kappa shape index (κ2) is 5.17. The Morgan fingerprint density at radius 2 is 2.17 bits per heavy atom. The van der Waals surface area contributed by atoms with Crippen LogP contribution in [0.1, 0.15) is 16.3 Å². The molecule has 0 spiro atoms. The van der Waals surface area contributed by atoms with Gasteiger partial charge in [-0.1, -0.05) is 0 Å². The molecule has 0 radical (unpaired) electrons. The van der Waals surface area contributed by atoms with Crippen LogP contribution in [0.15, 0.2) is 4.79 Å². The number of fused-ring (bicyclic) bond motifs is 1. The van der Waals surface area contributed by atoms with Crippen molar-refractivity contribution in [3.63, 3.8) is 0 Å². The molecule has 0 unspecified atom stereocenters. The van der Waals surface area contributed by atoms with E-state index in [0.717, 1.165) is 27.2 Å². The molecule has 2 rings (SSSR count). The van der Waals surface area contributed by atoms with E-state index in [1.807, 2.05) is 25.8 Å². The minimum Gasteiger partial charge on any atom is -0.329 e. The van der Waals surface area contributed by atoms with Crippen LogP contribution in [0.4, 0.5) is 0 Å². The first-order chi connectivity index (χ1) is 8.52. The minimum absolute atomic E-state index is 0.0435. The fourth-order valence-corrected chi connectivity index (χ4v) is 2.98. The van der Waals surface area contributed by atoms with Gasteiger partial charge < -0.3 is 10.7 Å². The Hall–Kier alpha value is -1.24. The van der Waals surface area contributed by atoms with Gasteiger partial charge in [0.2, 0.25) is 0 Å². The quantitative estimate of drug-likeness (QED) is 0.865. The van der Waals surface area contributed by atoms with E-state index >= 15 is 0 Å². The van der Waals surface area contributed by atoms with Gasteiger partial charge in [0.15, 0.2) is 0 Å². The molecule has 6 heteroatoms. The predicted octanol–water partition coefficient (Wildman–Crippen LogP) is 0.992. The molecule has 5 nitrogen and oxygen atoms in total. The summed E-state index contributed by atoms with van der Waals surface area (Å²) in [6.07, 6.45) is 0. The highest BCUT2D eigenvalue weighted by Crippen LogP contribution is 2.25. The lowest BCUT2D eigenvalue weighted by atomic mass is 10.2. The van der Waals surface area contributed by atoms with Gasteiger partial charge in [-0.3, -0.25) is 9.69 Å². The summed E-state index contributed by atoms with van der Waals surface area (Å²) in [4.78, 5) is 23.4. The highest BCUT2D eigenvalue weighted by atomic mass is 32.1. The van der Waals surface area contributed by atoms with Crippen LogP contribution in [-0.4, -0.2) is 35.0 Å². The zero-order valence-corrected chi connectivity index (χ0v) is 11.7. The Kier molecular flexibility index (Phi) is 3.79. The van der Waals surface area contributed by atoms with Crippen LogP contribution in [0, 0.1) is 13.8 Å². The number of aromatic nitrogens is 2. The number of likely N-dealkylation sites (N-methyl/N-ethyl adjacent to an activating group) is 1. The van der Waals surface area contributed by atoms with E-state index in [4.69, 9.17) is 5.73 Å². The average Bonchev–Trinajstić information content (AvgIpc) is 2.55. The third-order valence-corrected chi connectivity index (χ3v) is 4.12. The normalized spacial score (nSPS) is 11.6. The lowest BCUT2D eigenvalue weighted by Crippen LogP contribution is -2.27. The van der Waals surface area contributed by atoms with E-state index in [9.17, 15) is 4.79 Å². The number of aryl methyl sites for hydroxylation is 2. The zero-order valence-electron chi connectivity index (χ0n) is 10.9. The van der Waals surface area contributed by atoms with Crippen molar-refractivity contribution in [2.24, 2.45) is 5.73 Å². The van der Waals surface area contributed by atoms with Crippen molar-refractivity contribution >= 4 is 21.6 Å². The molecule has 0 aromatic carbocycles. The summed E-state index contributed by atoms with van der Waals surface area (Å²) in [6.45, 7) is 5.97. The molecule has 0 aliphatic carbocycles. The highest BCUT2D eigenvalue weighted by Gasteiger charge is 2.12. The summed E-state index contributed by atoms with van der Waals surface area (Å²) in [5, 5.41) is 0.725. The van der Waals surface area contributed by atoms with Crippen LogP contribution in [0.25, 0.3) is 10.2 Å². The molecule has 0 fully saturated rings. The van der Waals surface area contributed by atoms with Crippen molar-refractivity contribution in [2.75, 3.05) is 20.1 Å². The molecule has 0 atom stereocenters. The number of hydrogen-bond donors (Lipinski definition) is 2. The molecule has 0 aliphatic heterocycles. The maximum absolute atomic E-state index is 12.0. The van der Waals surface area contributed by atoms with Crippen LogP contribution in [0.2, 0.25) is 0 Å². The lowest BCUT2D eigenvalue weighted by molar-refractivity contribution is 0.327. The summed E-state index contributed by atoms with van der Waals surface area (Å²) in [7, 11) is 1.96. The maximum Gasteiger partial charge on any atom is 0.259 e. The first-order valence-corrected chi connectivity index (χ1v) is 6.72. The number of nitrogens with zero attached hydrogens (tertiary/aromatic N) is 2. The third kappa shape index (κ3) is 2.45. The van der Waals surface area contributed by atoms with E-state index in [-0.39, 0.29) is 5.56 Å². The van der Waals surface area contributed by atoms with E-state index in [2.05, 4.69) is 9.97 Å². The number of nitrogens with two attached hydrogens (primary N) is 1. The molecule has 2 aromatic heterocycles. The molecule has 2 heterocycles. The van der Waals surface area contributed by atoms with Gasteiger partial charge in [-0.25, -0.2) is 4.98 Å². The number of H-pyrrole nitrogens is 1. The van der Waals surface area contributed by atoms with Crippen molar-refractivity contribution in [1.82, 2.24) is 14.9 Å². The highest BCUT2D eigenvalue weighted by molar-refractivity contribution is 7.18. The number of thiophene rings is 1. The molecule has 0 aliphatic rings. The predicted molar refractivity (Wildman–Crippen MR) is 75.1 cm³/mol. The Bertz CT molecular complexity index is 616. The summed E-state index contributed by atoms with van der Waals surface area (Å²) >= 11 is 1.57. The summed E-state index contributed by atoms with van der Waals surface area (Å²) in [5.41, 5.74) is 6.48. The van der Waals surface area contributed by atoms with E-state index in [1.54, 1.807) is 11.3 Å². The smallest absolute Gasteiger partial charge is 0.259 e. The zero-order chi connectivity index (χ0) is 13.3.